The molecule has 1 aromatic carbocycles. The molecule has 2 amide bonds. The summed E-state index contributed by atoms with van der Waals surface area (Å²) >= 11 is 3.50. The molecule has 0 fully saturated rings. The molecule has 1 aliphatic heterocycles. The van der Waals surface area contributed by atoms with Crippen molar-refractivity contribution in [2.75, 3.05) is 10.6 Å². The number of carbonyl (C=O) groups excluding carboxylic acids is 2. The summed E-state index contributed by atoms with van der Waals surface area (Å²) in [5.41, 5.74) is 2.61. The summed E-state index contributed by atoms with van der Waals surface area (Å²) in [6, 6.07) is 3.82. The van der Waals surface area contributed by atoms with Crippen molar-refractivity contribution in [1.82, 2.24) is 0 Å². The maximum atomic E-state index is 12.3. The number of fused-ring (bicyclic) bond motifs is 1. The van der Waals surface area contributed by atoms with Crippen molar-refractivity contribution >= 4 is 39.1 Å². The summed E-state index contributed by atoms with van der Waals surface area (Å²) in [6.07, 6.45) is 8.08. The van der Waals surface area contributed by atoms with Gasteiger partial charge in [0.1, 0.15) is 0 Å². The summed E-state index contributed by atoms with van der Waals surface area (Å²) in [5, 5.41) is 5.83. The average molecular weight is 349 g/mol. The fourth-order valence-corrected chi connectivity index (χ4v) is 3.25. The van der Waals surface area contributed by atoms with Crippen molar-refractivity contribution in [2.24, 2.45) is 5.92 Å². The number of amides is 2. The number of carbonyl (C=O) groups is 2. The molecule has 2 aliphatic rings. The van der Waals surface area contributed by atoms with E-state index in [-0.39, 0.29) is 17.7 Å². The van der Waals surface area contributed by atoms with Crippen molar-refractivity contribution in [2.45, 2.75) is 32.1 Å². The van der Waals surface area contributed by atoms with Crippen molar-refractivity contribution in [3.05, 3.63) is 34.3 Å². The minimum Gasteiger partial charge on any atom is -0.326 e. The fourth-order valence-electron chi connectivity index (χ4n) is 2.76. The van der Waals surface area contributed by atoms with Gasteiger partial charge in [-0.05, 0) is 59.3 Å². The number of halogens is 1. The van der Waals surface area contributed by atoms with E-state index in [9.17, 15) is 9.59 Å². The number of benzene rings is 1. The minimum atomic E-state index is 0.0273. The van der Waals surface area contributed by atoms with E-state index >= 15 is 0 Å². The van der Waals surface area contributed by atoms with Crippen LogP contribution < -0.4 is 10.6 Å². The van der Waals surface area contributed by atoms with E-state index in [0.717, 1.165) is 47.1 Å². The van der Waals surface area contributed by atoms with Gasteiger partial charge in [-0.2, -0.15) is 0 Å². The normalized spacial score (nSPS) is 20.6. The standard InChI is InChI=1S/C16H17BrN2O2/c17-12-8-11-6-7-15(20)18-13(11)9-14(12)19-16(21)10-4-2-1-3-5-10/h1-2,8-10H,3-7H2,(H,18,20)(H,19,21). The molecule has 0 saturated carbocycles. The molecule has 4 nitrogen and oxygen atoms in total. The van der Waals surface area contributed by atoms with Gasteiger partial charge in [0, 0.05) is 22.5 Å². The molecule has 0 radical (unpaired) electrons. The second-order valence-corrected chi connectivity index (χ2v) is 6.36. The zero-order valence-corrected chi connectivity index (χ0v) is 13.2. The number of hydrogen-bond donors (Lipinski definition) is 2. The molecule has 1 aliphatic carbocycles. The van der Waals surface area contributed by atoms with Gasteiger partial charge in [-0.1, -0.05) is 12.2 Å². The summed E-state index contributed by atoms with van der Waals surface area (Å²) in [7, 11) is 0. The van der Waals surface area contributed by atoms with Crippen molar-refractivity contribution in [3.8, 4) is 0 Å². The Bertz CT molecular complexity index is 625. The highest BCUT2D eigenvalue weighted by Crippen LogP contribution is 2.33. The number of hydrogen-bond acceptors (Lipinski definition) is 2. The molecule has 1 unspecified atom stereocenters. The Morgan fingerprint density at radius 1 is 1.29 bits per heavy atom. The Labute approximate surface area is 132 Å². The summed E-state index contributed by atoms with van der Waals surface area (Å²) in [6.45, 7) is 0. The third-order valence-electron chi connectivity index (χ3n) is 3.99. The van der Waals surface area contributed by atoms with Gasteiger partial charge in [-0.3, -0.25) is 9.59 Å². The monoisotopic (exact) mass is 348 g/mol. The molecule has 0 aromatic heterocycles. The Morgan fingerprint density at radius 3 is 2.90 bits per heavy atom. The van der Waals surface area contributed by atoms with E-state index < -0.39 is 0 Å². The highest BCUT2D eigenvalue weighted by Gasteiger charge is 2.21. The first-order valence-corrected chi connectivity index (χ1v) is 8.01. The Balaban J connectivity index is 1.79. The van der Waals surface area contributed by atoms with Crippen LogP contribution in [0, 0.1) is 5.92 Å². The maximum absolute atomic E-state index is 12.3. The smallest absolute Gasteiger partial charge is 0.227 e. The topological polar surface area (TPSA) is 58.2 Å². The van der Waals surface area contributed by atoms with Crippen LogP contribution in [0.15, 0.2) is 28.8 Å². The lowest BCUT2D eigenvalue weighted by Crippen LogP contribution is -2.24. The van der Waals surface area contributed by atoms with Crippen molar-refractivity contribution < 1.29 is 9.59 Å². The molecule has 5 heteroatoms. The van der Waals surface area contributed by atoms with Crippen LogP contribution >= 0.6 is 15.9 Å². The average Bonchev–Trinajstić information content (AvgIpc) is 2.49. The minimum absolute atomic E-state index is 0.0273. The number of allylic oxidation sites excluding steroid dienone is 2. The highest BCUT2D eigenvalue weighted by molar-refractivity contribution is 9.10. The third-order valence-corrected chi connectivity index (χ3v) is 4.64. The lowest BCUT2D eigenvalue weighted by atomic mass is 9.93. The van der Waals surface area contributed by atoms with Crippen LogP contribution in [-0.4, -0.2) is 11.8 Å². The number of nitrogens with one attached hydrogen (secondary N) is 2. The first-order chi connectivity index (χ1) is 10.1. The molecule has 3 rings (SSSR count). The van der Waals surface area contributed by atoms with Gasteiger partial charge in [-0.25, -0.2) is 0 Å². The predicted molar refractivity (Wildman–Crippen MR) is 86.2 cm³/mol. The highest BCUT2D eigenvalue weighted by atomic mass is 79.9. The van der Waals surface area contributed by atoms with Crippen LogP contribution in [0.1, 0.15) is 31.2 Å². The van der Waals surface area contributed by atoms with E-state index in [1.807, 2.05) is 12.1 Å². The number of aryl methyl sites for hydroxylation is 1. The van der Waals surface area contributed by atoms with Crippen molar-refractivity contribution in [3.63, 3.8) is 0 Å². The van der Waals surface area contributed by atoms with E-state index in [1.165, 1.54) is 0 Å². The first-order valence-electron chi connectivity index (χ1n) is 7.21. The quantitative estimate of drug-likeness (QED) is 0.801. The van der Waals surface area contributed by atoms with Crippen molar-refractivity contribution in [1.29, 1.82) is 0 Å². The second kappa shape index (κ2) is 6.02. The molecule has 0 bridgehead atoms. The van der Waals surface area contributed by atoms with Gasteiger partial charge < -0.3 is 10.6 Å². The van der Waals surface area contributed by atoms with E-state index in [1.54, 1.807) is 0 Å². The van der Waals surface area contributed by atoms with E-state index in [4.69, 9.17) is 0 Å². The molecule has 1 heterocycles. The zero-order chi connectivity index (χ0) is 14.8. The summed E-state index contributed by atoms with van der Waals surface area (Å²) in [5.74, 6) is 0.106. The molecule has 1 atom stereocenters. The maximum Gasteiger partial charge on any atom is 0.227 e. The Kier molecular flexibility index (Phi) is 4.10. The molecule has 2 N–H and O–H groups in total. The molecular weight excluding hydrogens is 332 g/mol. The predicted octanol–water partition coefficient (Wildman–Crippen LogP) is 3.63. The van der Waals surface area contributed by atoms with Crippen LogP contribution in [0.5, 0.6) is 0 Å². The number of rotatable bonds is 2. The molecule has 0 saturated heterocycles. The third kappa shape index (κ3) is 3.18. The molecule has 0 spiro atoms. The zero-order valence-electron chi connectivity index (χ0n) is 11.6. The Hall–Kier alpha value is -1.62. The van der Waals surface area contributed by atoms with Crippen LogP contribution in [0.2, 0.25) is 0 Å². The molecule has 110 valence electrons. The van der Waals surface area contributed by atoms with Crippen LogP contribution in [0.25, 0.3) is 0 Å². The van der Waals surface area contributed by atoms with Gasteiger partial charge in [0.2, 0.25) is 11.8 Å². The lowest BCUT2D eigenvalue weighted by molar-refractivity contribution is -0.120. The van der Waals surface area contributed by atoms with E-state index in [2.05, 4.69) is 38.7 Å². The van der Waals surface area contributed by atoms with Crippen LogP contribution in [0.3, 0.4) is 0 Å². The van der Waals surface area contributed by atoms with Gasteiger partial charge in [0.25, 0.3) is 0 Å². The summed E-state index contributed by atoms with van der Waals surface area (Å²) < 4.78 is 0.858. The lowest BCUT2D eigenvalue weighted by Gasteiger charge is -2.21. The Morgan fingerprint density at radius 2 is 2.14 bits per heavy atom. The van der Waals surface area contributed by atoms with Gasteiger partial charge in [-0.15, -0.1) is 0 Å². The van der Waals surface area contributed by atoms with Crippen LogP contribution in [-0.2, 0) is 16.0 Å². The van der Waals surface area contributed by atoms with E-state index in [0.29, 0.717) is 6.42 Å². The molecular formula is C16H17BrN2O2. The molecule has 1 aromatic rings. The number of anilines is 2. The second-order valence-electron chi connectivity index (χ2n) is 5.51. The van der Waals surface area contributed by atoms with Crippen LogP contribution in [0.4, 0.5) is 11.4 Å². The SMILES string of the molecule is O=C1CCc2cc(Br)c(NC(=O)C3CC=CCC3)cc2N1. The van der Waals surface area contributed by atoms with Gasteiger partial charge >= 0.3 is 0 Å². The fraction of sp³-hybridized carbons (Fsp3) is 0.375. The van der Waals surface area contributed by atoms with Gasteiger partial charge in [0.15, 0.2) is 0 Å². The largest absolute Gasteiger partial charge is 0.326 e. The van der Waals surface area contributed by atoms with Gasteiger partial charge in [0.05, 0.1) is 5.69 Å². The molecule has 21 heavy (non-hydrogen) atoms. The first kappa shape index (κ1) is 14.3. The summed E-state index contributed by atoms with van der Waals surface area (Å²) in [4.78, 5) is 23.8.